The zero-order chi connectivity index (χ0) is 14.0. The molecule has 0 bridgehead atoms. The minimum atomic E-state index is -1.15. The van der Waals surface area contributed by atoms with Gasteiger partial charge in [-0.1, -0.05) is 11.6 Å². The highest BCUT2D eigenvalue weighted by molar-refractivity contribution is 9.10. The molecule has 1 aromatic carbocycles. The highest BCUT2D eigenvalue weighted by Gasteiger charge is 2.11. The van der Waals surface area contributed by atoms with Crippen LogP contribution >= 0.6 is 27.5 Å². The molecular formula is C11H5BrClFN2O3. The third kappa shape index (κ3) is 3.18. The first-order valence-electron chi connectivity index (χ1n) is 4.85. The second-order valence-corrected chi connectivity index (χ2v) is 4.62. The van der Waals surface area contributed by atoms with E-state index in [4.69, 9.17) is 21.4 Å². The standard InChI is InChI=1S/C11H5BrClFN2O3/c12-6-1-7(13)8(14)2-9(6)19-11-15-3-5(4-16-11)10(17)18/h1-4H,(H,17,18). The molecule has 1 heterocycles. The first-order valence-corrected chi connectivity index (χ1v) is 6.02. The van der Waals surface area contributed by atoms with Gasteiger partial charge < -0.3 is 9.84 Å². The molecule has 2 aromatic rings. The summed E-state index contributed by atoms with van der Waals surface area (Å²) in [7, 11) is 0. The Morgan fingerprint density at radius 3 is 2.58 bits per heavy atom. The quantitative estimate of drug-likeness (QED) is 0.860. The van der Waals surface area contributed by atoms with Crippen LogP contribution in [0.1, 0.15) is 10.4 Å². The van der Waals surface area contributed by atoms with E-state index in [2.05, 4.69) is 25.9 Å². The third-order valence-corrected chi connectivity index (χ3v) is 2.96. The summed E-state index contributed by atoms with van der Waals surface area (Å²) in [6, 6.07) is 2.30. The maximum atomic E-state index is 13.3. The number of hydrogen-bond donors (Lipinski definition) is 1. The van der Waals surface area contributed by atoms with Crippen molar-refractivity contribution >= 4 is 33.5 Å². The molecule has 0 aliphatic rings. The molecule has 19 heavy (non-hydrogen) atoms. The van der Waals surface area contributed by atoms with Gasteiger partial charge >= 0.3 is 12.0 Å². The summed E-state index contributed by atoms with van der Waals surface area (Å²) in [5.41, 5.74) is -0.0753. The van der Waals surface area contributed by atoms with Gasteiger partial charge in [0, 0.05) is 18.5 Å². The van der Waals surface area contributed by atoms with Crippen molar-refractivity contribution < 1.29 is 19.0 Å². The van der Waals surface area contributed by atoms with Crippen LogP contribution in [0.25, 0.3) is 0 Å². The summed E-state index contributed by atoms with van der Waals surface area (Å²) in [5.74, 6) is -1.67. The Bertz CT molecular complexity index is 637. The van der Waals surface area contributed by atoms with Crippen molar-refractivity contribution in [2.75, 3.05) is 0 Å². The lowest BCUT2D eigenvalue weighted by Crippen LogP contribution is -2.00. The van der Waals surface area contributed by atoms with Crippen molar-refractivity contribution in [3.05, 3.63) is 45.4 Å². The molecule has 0 saturated carbocycles. The normalized spacial score (nSPS) is 10.3. The number of aromatic carboxylic acids is 1. The van der Waals surface area contributed by atoms with Gasteiger partial charge in [-0.3, -0.25) is 0 Å². The Kier molecular flexibility index (Phi) is 3.96. The van der Waals surface area contributed by atoms with Gasteiger partial charge in [0.05, 0.1) is 15.1 Å². The van der Waals surface area contributed by atoms with Crippen LogP contribution in [0.4, 0.5) is 4.39 Å². The zero-order valence-electron chi connectivity index (χ0n) is 9.10. The van der Waals surface area contributed by atoms with Crippen molar-refractivity contribution in [1.29, 1.82) is 0 Å². The van der Waals surface area contributed by atoms with Crippen LogP contribution < -0.4 is 4.74 Å². The van der Waals surface area contributed by atoms with E-state index >= 15 is 0 Å². The summed E-state index contributed by atoms with van der Waals surface area (Å²) in [6.45, 7) is 0. The van der Waals surface area contributed by atoms with E-state index in [-0.39, 0.29) is 22.3 Å². The molecule has 8 heteroatoms. The van der Waals surface area contributed by atoms with Crippen molar-refractivity contribution in [2.24, 2.45) is 0 Å². The van der Waals surface area contributed by atoms with Gasteiger partial charge in [-0.15, -0.1) is 0 Å². The summed E-state index contributed by atoms with van der Waals surface area (Å²) >= 11 is 8.74. The van der Waals surface area contributed by atoms with Crippen molar-refractivity contribution in [2.45, 2.75) is 0 Å². The molecule has 5 nitrogen and oxygen atoms in total. The van der Waals surface area contributed by atoms with E-state index in [0.29, 0.717) is 4.47 Å². The van der Waals surface area contributed by atoms with E-state index in [9.17, 15) is 9.18 Å². The van der Waals surface area contributed by atoms with Crippen molar-refractivity contribution in [3.63, 3.8) is 0 Å². The number of benzene rings is 1. The van der Waals surface area contributed by atoms with Gasteiger partial charge in [-0.2, -0.15) is 0 Å². The predicted molar refractivity (Wildman–Crippen MR) is 68.2 cm³/mol. The number of nitrogens with zero attached hydrogens (tertiary/aromatic N) is 2. The van der Waals surface area contributed by atoms with Crippen LogP contribution in [-0.2, 0) is 0 Å². The van der Waals surface area contributed by atoms with Gasteiger partial charge in [0.1, 0.15) is 11.6 Å². The number of hydrogen-bond acceptors (Lipinski definition) is 4. The number of carboxylic acid groups (broad SMARTS) is 1. The van der Waals surface area contributed by atoms with Crippen molar-refractivity contribution in [3.8, 4) is 11.8 Å². The van der Waals surface area contributed by atoms with Crippen LogP contribution in [0.2, 0.25) is 5.02 Å². The van der Waals surface area contributed by atoms with E-state index in [0.717, 1.165) is 18.5 Å². The lowest BCUT2D eigenvalue weighted by atomic mass is 10.3. The van der Waals surface area contributed by atoms with Crippen molar-refractivity contribution in [1.82, 2.24) is 9.97 Å². The van der Waals surface area contributed by atoms with E-state index < -0.39 is 11.8 Å². The Balaban J connectivity index is 2.26. The molecule has 0 atom stereocenters. The number of ether oxygens (including phenoxy) is 1. The van der Waals surface area contributed by atoms with Crippen LogP contribution in [0.15, 0.2) is 29.0 Å². The SMILES string of the molecule is O=C(O)c1cnc(Oc2cc(F)c(Cl)cc2Br)nc1. The molecule has 0 fully saturated rings. The maximum absolute atomic E-state index is 13.3. The number of carbonyl (C=O) groups is 1. The first-order chi connectivity index (χ1) is 8.97. The first kappa shape index (κ1) is 13.7. The van der Waals surface area contributed by atoms with Gasteiger partial charge in [0.2, 0.25) is 0 Å². The fourth-order valence-corrected chi connectivity index (χ4v) is 1.88. The molecule has 0 saturated heterocycles. The smallest absolute Gasteiger partial charge is 0.338 e. The number of halogens is 3. The largest absolute Gasteiger partial charge is 0.478 e. The second-order valence-electron chi connectivity index (χ2n) is 3.36. The van der Waals surface area contributed by atoms with Crippen LogP contribution in [0.3, 0.4) is 0 Å². The average Bonchev–Trinajstić information content (AvgIpc) is 2.36. The second kappa shape index (κ2) is 5.50. The Morgan fingerprint density at radius 1 is 1.37 bits per heavy atom. The van der Waals surface area contributed by atoms with Crippen LogP contribution in [0, 0.1) is 5.82 Å². The zero-order valence-corrected chi connectivity index (χ0v) is 11.4. The molecule has 0 aliphatic heterocycles. The Morgan fingerprint density at radius 2 is 2.00 bits per heavy atom. The Hall–Kier alpha value is -1.73. The highest BCUT2D eigenvalue weighted by atomic mass is 79.9. The lowest BCUT2D eigenvalue weighted by Gasteiger charge is -2.06. The average molecular weight is 348 g/mol. The number of rotatable bonds is 3. The monoisotopic (exact) mass is 346 g/mol. The molecule has 0 unspecified atom stereocenters. The molecule has 1 N–H and O–H groups in total. The molecule has 0 spiro atoms. The molecule has 98 valence electrons. The third-order valence-electron chi connectivity index (χ3n) is 2.05. The summed E-state index contributed by atoms with van der Waals surface area (Å²) in [5, 5.41) is 8.63. The summed E-state index contributed by atoms with van der Waals surface area (Å²) in [6.07, 6.45) is 2.18. The van der Waals surface area contributed by atoms with E-state index in [1.165, 1.54) is 6.07 Å². The lowest BCUT2D eigenvalue weighted by molar-refractivity contribution is 0.0696. The molecule has 0 amide bonds. The summed E-state index contributed by atoms with van der Waals surface area (Å²) < 4.78 is 18.9. The van der Waals surface area contributed by atoms with E-state index in [1.807, 2.05) is 0 Å². The van der Waals surface area contributed by atoms with Crippen LogP contribution in [-0.4, -0.2) is 21.0 Å². The maximum Gasteiger partial charge on any atom is 0.338 e. The molecular weight excluding hydrogens is 342 g/mol. The van der Waals surface area contributed by atoms with Crippen LogP contribution in [0.5, 0.6) is 11.8 Å². The van der Waals surface area contributed by atoms with E-state index in [1.54, 1.807) is 0 Å². The number of aromatic nitrogens is 2. The molecule has 0 aliphatic carbocycles. The Labute approximate surface area is 120 Å². The predicted octanol–water partition coefficient (Wildman–Crippen LogP) is 3.52. The topological polar surface area (TPSA) is 72.3 Å². The minimum Gasteiger partial charge on any atom is -0.478 e. The van der Waals surface area contributed by atoms with Gasteiger partial charge in [0.15, 0.2) is 0 Å². The summed E-state index contributed by atoms with van der Waals surface area (Å²) in [4.78, 5) is 18.0. The molecule has 0 radical (unpaired) electrons. The van der Waals surface area contributed by atoms with Gasteiger partial charge in [0.25, 0.3) is 0 Å². The number of carboxylic acids is 1. The minimum absolute atomic E-state index is 0.0543. The molecule has 2 rings (SSSR count). The highest BCUT2D eigenvalue weighted by Crippen LogP contribution is 2.32. The molecule has 1 aromatic heterocycles. The van der Waals surface area contributed by atoms with Gasteiger partial charge in [-0.25, -0.2) is 19.2 Å². The fourth-order valence-electron chi connectivity index (χ4n) is 1.16. The van der Waals surface area contributed by atoms with Gasteiger partial charge in [-0.05, 0) is 22.0 Å². The fraction of sp³-hybridized carbons (Fsp3) is 0.